The summed E-state index contributed by atoms with van der Waals surface area (Å²) < 4.78 is 106. The van der Waals surface area contributed by atoms with Gasteiger partial charge in [0.2, 0.25) is 24.1 Å². The maximum Gasteiger partial charge on any atom is 0.217 e. The van der Waals surface area contributed by atoms with Gasteiger partial charge in [-0.2, -0.15) is 0 Å². The van der Waals surface area contributed by atoms with Gasteiger partial charge in [-0.25, -0.2) is 0 Å². The molecule has 46 atom stereocenters. The standard InChI is InChI=1S/C64H108N4O47/c1-16-32(82)39(89)42(92)60(99-16)112-52-31(68-19(4)81)58(115-55-36(86)23(8-72)102-63(46(55)96)110-50-27(12-76)107-59(44(94)41(50)91)98-14-20(5-69)65-15-78)106-28(13-77)51(52)111-64-47(97)54(35(85)24(9-73)103-64)114-57-30(67-18(3)80)38(88)49(26(11-75)105-57)109-62-45(95)53(34(84)22(7-71)101-62)113-56-29(66-17(2)79)37(87)48(25(10-74)104-56)108-61-43(93)40(90)33(83)21(6-70)100-61/h15-16,20-64,69-77,82-97H,5-14H2,1-4H3,(H,65,78)(H,66,79)(H,67,80)(H,68,81)/t16-,20+,21+,22+,23+,24+,25+,26+,27+,28+,29+,30+,31+,32+,33-,34-,35-,36-,37+,38+,39+,40-,41+,42-,43+,44+,45+,46+,47+,48+,49+,50+,51+,52+,53-,54-,55-,56-,57-,58-,59+,60-,61-,62-,63-,64-/m0/s1. The van der Waals surface area contributed by atoms with Gasteiger partial charge in [0.05, 0.1) is 78.2 Å². The fourth-order valence-electron chi connectivity index (χ4n) is 14.7. The monoisotopic (exact) mass is 1680 g/mol. The van der Waals surface area contributed by atoms with Gasteiger partial charge in [-0.15, -0.1) is 0 Å². The van der Waals surface area contributed by atoms with Crippen molar-refractivity contribution in [3.63, 3.8) is 0 Å². The van der Waals surface area contributed by atoms with Crippen molar-refractivity contribution in [2.75, 3.05) is 66.1 Å². The second kappa shape index (κ2) is 42.3. The van der Waals surface area contributed by atoms with E-state index in [1.807, 2.05) is 0 Å². The zero-order valence-corrected chi connectivity index (χ0v) is 61.9. The molecule has 9 aliphatic heterocycles. The molecule has 51 heteroatoms. The van der Waals surface area contributed by atoms with E-state index in [1.54, 1.807) is 0 Å². The highest BCUT2D eigenvalue weighted by Crippen LogP contribution is 2.41. The molecule has 9 heterocycles. The molecular weight excluding hydrogens is 1580 g/mol. The Morgan fingerprint density at radius 1 is 0.296 bits per heavy atom. The lowest BCUT2D eigenvalue weighted by Crippen LogP contribution is -2.72. The van der Waals surface area contributed by atoms with Gasteiger partial charge < -0.3 is 234 Å². The molecule has 0 spiro atoms. The van der Waals surface area contributed by atoms with Gasteiger partial charge in [-0.3, -0.25) is 19.2 Å². The lowest BCUT2D eigenvalue weighted by molar-refractivity contribution is -0.397. The van der Waals surface area contributed by atoms with Gasteiger partial charge in [0.25, 0.3) is 0 Å². The maximum absolute atomic E-state index is 13.5. The summed E-state index contributed by atoms with van der Waals surface area (Å²) in [5, 5.41) is 286. The Labute approximate surface area is 651 Å². The molecule has 9 rings (SSSR count). The lowest BCUT2D eigenvalue weighted by atomic mass is 9.93. The van der Waals surface area contributed by atoms with Crippen LogP contribution in [-0.2, 0) is 104 Å². The van der Waals surface area contributed by atoms with Crippen LogP contribution >= 0.6 is 0 Å². The molecule has 0 unspecified atom stereocenters. The first-order valence-corrected chi connectivity index (χ1v) is 36.7. The van der Waals surface area contributed by atoms with Crippen molar-refractivity contribution in [2.45, 2.75) is 310 Å². The van der Waals surface area contributed by atoms with E-state index in [2.05, 4.69) is 21.3 Å². The molecule has 0 bridgehead atoms. The molecule has 29 N–H and O–H groups in total. The summed E-state index contributed by atoms with van der Waals surface area (Å²) in [6.07, 6.45) is -85.1. The number of aliphatic hydroxyl groups excluding tert-OH is 25. The number of rotatable bonds is 33. The zero-order chi connectivity index (χ0) is 84.6. The highest BCUT2D eigenvalue weighted by Gasteiger charge is 2.62. The van der Waals surface area contributed by atoms with Gasteiger partial charge in [-0.1, -0.05) is 0 Å². The molecule has 0 aromatic heterocycles. The lowest BCUT2D eigenvalue weighted by Gasteiger charge is -2.52. The third-order valence-electron chi connectivity index (χ3n) is 20.9. The molecule has 9 saturated heterocycles. The van der Waals surface area contributed by atoms with Crippen molar-refractivity contribution in [2.24, 2.45) is 0 Å². The summed E-state index contributed by atoms with van der Waals surface area (Å²) in [5.41, 5.74) is 0. The first-order valence-electron chi connectivity index (χ1n) is 36.7. The molecule has 666 valence electrons. The SMILES string of the molecule is CC(=O)N[C@H]1[C@H](O[C@H]2[C@@H](O)[C@@H](CO)O[C@@H](O[C@H]3[C@H](O)[C@@H](NC(C)=O)[C@H](O[C@H]4[C@@H](O)[C@@H](CO)O[C@@H](O[C@H]5[C@H](O[C@@H]6O[C@@H](C)[C@@H](O)[C@@H](O)[C@@H]6O)[C@@H](NC(C)=O)[C@H](O[C@H]6[C@@H](O)[C@@H](CO)O[C@@H](O[C@H]7[C@H](O)[C@@H](O)[C@H](OC[C@@H](CO)NC=O)O[C@@H]7CO)[C@@H]6O)O[C@@H]5CO)[C@@H]4O)O[C@@H]3CO)[C@@H]2O)O[C@H](CO)[C@@H](O[C@@H]2O[C@H](CO)[C@H](O)[C@H](O)[C@H]2O)[C@@H]1O. The Kier molecular flexibility index (Phi) is 34.9. The number of ether oxygens (including phenoxy) is 18. The minimum atomic E-state index is -2.46. The van der Waals surface area contributed by atoms with Crippen LogP contribution in [0.1, 0.15) is 27.7 Å². The molecule has 4 amide bonds. The maximum atomic E-state index is 13.5. The van der Waals surface area contributed by atoms with E-state index in [4.69, 9.17) is 85.3 Å². The molecule has 51 nitrogen and oxygen atoms in total. The van der Waals surface area contributed by atoms with Crippen LogP contribution in [0.2, 0.25) is 0 Å². The van der Waals surface area contributed by atoms with Crippen LogP contribution in [0.15, 0.2) is 0 Å². The number of nitrogens with one attached hydrogen (secondary N) is 4. The Morgan fingerprint density at radius 3 is 0.939 bits per heavy atom. The largest absolute Gasteiger partial charge is 0.394 e. The number of carbonyl (C=O) groups is 4. The first-order chi connectivity index (χ1) is 54.6. The molecule has 0 aliphatic carbocycles. The summed E-state index contributed by atoms with van der Waals surface area (Å²) in [7, 11) is 0. The number of aliphatic hydroxyl groups is 25. The molecule has 0 radical (unpaired) electrons. The third-order valence-corrected chi connectivity index (χ3v) is 20.9. The van der Waals surface area contributed by atoms with Crippen molar-refractivity contribution in [3.05, 3.63) is 0 Å². The van der Waals surface area contributed by atoms with Crippen molar-refractivity contribution >= 4 is 24.1 Å². The fraction of sp³-hybridized carbons (Fsp3) is 0.938. The third kappa shape index (κ3) is 21.3. The first kappa shape index (κ1) is 95.0. The van der Waals surface area contributed by atoms with Crippen LogP contribution in [0, 0.1) is 0 Å². The zero-order valence-electron chi connectivity index (χ0n) is 61.9. The van der Waals surface area contributed by atoms with E-state index in [-0.39, 0.29) is 6.41 Å². The van der Waals surface area contributed by atoms with Crippen LogP contribution < -0.4 is 21.3 Å². The fourth-order valence-corrected chi connectivity index (χ4v) is 14.7. The summed E-state index contributed by atoms with van der Waals surface area (Å²) in [6.45, 7) is -5.90. The van der Waals surface area contributed by atoms with Crippen molar-refractivity contribution < 1.29 is 232 Å². The average molecular weight is 1690 g/mol. The number of amides is 4. The van der Waals surface area contributed by atoms with E-state index in [1.165, 1.54) is 6.92 Å². The average Bonchev–Trinajstić information content (AvgIpc) is 0.763. The molecular formula is C64H108N4O47. The Morgan fingerprint density at radius 2 is 0.574 bits per heavy atom. The van der Waals surface area contributed by atoms with E-state index >= 15 is 0 Å². The second-order valence-corrected chi connectivity index (χ2v) is 28.8. The number of hydrogen-bond donors (Lipinski definition) is 29. The van der Waals surface area contributed by atoms with Gasteiger partial charge in [-0.05, 0) is 6.92 Å². The van der Waals surface area contributed by atoms with Crippen molar-refractivity contribution in [1.29, 1.82) is 0 Å². The Balaban J connectivity index is 0.959. The predicted octanol–water partition coefficient (Wildman–Crippen LogP) is -20.0. The number of hydrogen-bond acceptors (Lipinski definition) is 47. The molecule has 0 aromatic carbocycles. The summed E-state index contributed by atoms with van der Waals surface area (Å²) in [6, 6.07) is -6.86. The number of carbonyl (C=O) groups excluding carboxylic acids is 4. The van der Waals surface area contributed by atoms with Gasteiger partial charge in [0, 0.05) is 20.8 Å². The topological polar surface area (TPSA) is 788 Å². The minimum Gasteiger partial charge on any atom is -0.394 e. The van der Waals surface area contributed by atoms with Crippen molar-refractivity contribution in [1.82, 2.24) is 21.3 Å². The molecule has 0 aromatic rings. The highest BCUT2D eigenvalue weighted by molar-refractivity contribution is 5.74. The molecule has 0 saturated carbocycles. The van der Waals surface area contributed by atoms with E-state index < -0.39 is 366 Å². The van der Waals surface area contributed by atoms with Gasteiger partial charge in [0.1, 0.15) is 213 Å². The smallest absolute Gasteiger partial charge is 0.217 e. The van der Waals surface area contributed by atoms with Crippen LogP contribution in [0.25, 0.3) is 0 Å². The van der Waals surface area contributed by atoms with Gasteiger partial charge >= 0.3 is 0 Å². The van der Waals surface area contributed by atoms with Crippen molar-refractivity contribution in [3.8, 4) is 0 Å². The predicted molar refractivity (Wildman–Crippen MR) is 354 cm³/mol. The van der Waals surface area contributed by atoms with E-state index in [0.717, 1.165) is 20.8 Å². The van der Waals surface area contributed by atoms with E-state index in [9.17, 15) is 147 Å². The van der Waals surface area contributed by atoms with Crippen LogP contribution in [0.3, 0.4) is 0 Å². The van der Waals surface area contributed by atoms with Crippen LogP contribution in [-0.4, -0.2) is 500 Å². The summed E-state index contributed by atoms with van der Waals surface area (Å²) in [4.78, 5) is 50.2. The quantitative estimate of drug-likeness (QED) is 0.0271. The van der Waals surface area contributed by atoms with Gasteiger partial charge in [0.15, 0.2) is 56.6 Å². The molecule has 9 aliphatic rings. The molecule has 9 fully saturated rings. The Hall–Kier alpha value is -3.84. The van der Waals surface area contributed by atoms with E-state index in [0.29, 0.717) is 0 Å². The Bertz CT molecular complexity index is 3010. The summed E-state index contributed by atoms with van der Waals surface area (Å²) in [5.74, 6) is -2.86. The highest BCUT2D eigenvalue weighted by atomic mass is 16.8. The van der Waals surface area contributed by atoms with Crippen LogP contribution in [0.5, 0.6) is 0 Å². The molecule has 115 heavy (non-hydrogen) atoms. The normalized spacial score (nSPS) is 48.2. The van der Waals surface area contributed by atoms with Crippen LogP contribution in [0.4, 0.5) is 0 Å². The second-order valence-electron chi connectivity index (χ2n) is 28.8. The summed E-state index contributed by atoms with van der Waals surface area (Å²) >= 11 is 0. The minimum absolute atomic E-state index is 0.247.